The number of carboxylic acids is 8. The lowest BCUT2D eigenvalue weighted by atomic mass is 10.4. The lowest BCUT2D eigenvalue weighted by Gasteiger charge is -2.20. The molecule has 24 nitrogen and oxygen atoms in total. The molecule has 0 aromatic carbocycles. The van der Waals surface area contributed by atoms with Gasteiger partial charge < -0.3 is 60.5 Å². The summed E-state index contributed by atoms with van der Waals surface area (Å²) in [6.45, 7) is -3.40. The monoisotopic (exact) mass is 734 g/mol. The minimum Gasteiger partial charge on any atom is -0.480 e. The maximum Gasteiger partial charge on any atom is 0.317 e. The van der Waals surface area contributed by atoms with E-state index in [1.807, 2.05) is 0 Å². The van der Waals surface area contributed by atoms with Gasteiger partial charge in [0.05, 0.1) is 92.0 Å². The summed E-state index contributed by atoms with van der Waals surface area (Å²) in [7, 11) is 0. The standard InChI is InChI=1S/2C12H20N2O9.C2H6O2/c2*15-9(16)5-13(6-10(17)18)1-3-23-4-2-14(7-11(19)20)8-12(21)22;3-1-2-4/h2*1-8H2,(H,15,16)(H,17,18)(H,19,20)(H,21,22);3-4H,1-2H2. The number of hydrogen-bond acceptors (Lipinski definition) is 16. The van der Waals surface area contributed by atoms with Crippen molar-refractivity contribution in [2.45, 2.75) is 0 Å². The van der Waals surface area contributed by atoms with E-state index in [2.05, 4.69) is 0 Å². The van der Waals surface area contributed by atoms with E-state index in [1.165, 1.54) is 0 Å². The van der Waals surface area contributed by atoms with Crippen LogP contribution in [0.4, 0.5) is 0 Å². The van der Waals surface area contributed by atoms with E-state index >= 15 is 0 Å². The Balaban J connectivity index is -0.000000797. The average Bonchev–Trinajstić information content (AvgIpc) is 2.94. The van der Waals surface area contributed by atoms with E-state index in [1.54, 1.807) is 0 Å². The maximum absolute atomic E-state index is 10.6. The summed E-state index contributed by atoms with van der Waals surface area (Å²) in [6, 6.07) is 0. The fourth-order valence-corrected chi connectivity index (χ4v) is 3.37. The van der Waals surface area contributed by atoms with Gasteiger partial charge in [-0.3, -0.25) is 58.0 Å². The van der Waals surface area contributed by atoms with Crippen molar-refractivity contribution in [3.63, 3.8) is 0 Å². The molecule has 0 rings (SSSR count). The van der Waals surface area contributed by atoms with Crippen LogP contribution in [0.5, 0.6) is 0 Å². The number of carboxylic acid groups (broad SMARTS) is 8. The lowest BCUT2D eigenvalue weighted by molar-refractivity contribution is -0.144. The molecular weight excluding hydrogens is 688 g/mol. The summed E-state index contributed by atoms with van der Waals surface area (Å²) in [5, 5.41) is 84.4. The predicted octanol–water partition coefficient (Wildman–Crippen LogP) is -5.14. The first kappa shape index (κ1) is 49.8. The summed E-state index contributed by atoms with van der Waals surface area (Å²) in [4.78, 5) is 89.3. The molecular formula is C26H46N4O20. The number of nitrogens with zero attached hydrogens (tertiary/aromatic N) is 4. The summed E-state index contributed by atoms with van der Waals surface area (Å²) >= 11 is 0. The van der Waals surface area contributed by atoms with Crippen LogP contribution in [-0.4, -0.2) is 237 Å². The van der Waals surface area contributed by atoms with Gasteiger partial charge in [-0.15, -0.1) is 0 Å². The third kappa shape index (κ3) is 39.6. The fraction of sp³-hybridized carbons (Fsp3) is 0.692. The van der Waals surface area contributed by atoms with Crippen LogP contribution < -0.4 is 0 Å². The summed E-state index contributed by atoms with van der Waals surface area (Å²) in [6.07, 6.45) is 0. The van der Waals surface area contributed by atoms with E-state index < -0.39 is 100 Å². The van der Waals surface area contributed by atoms with Crippen molar-refractivity contribution in [2.24, 2.45) is 0 Å². The number of aliphatic carboxylic acids is 8. The van der Waals surface area contributed by atoms with Gasteiger partial charge in [0.25, 0.3) is 0 Å². The van der Waals surface area contributed by atoms with E-state index in [4.69, 9.17) is 60.5 Å². The van der Waals surface area contributed by atoms with Gasteiger partial charge in [0.15, 0.2) is 0 Å². The van der Waals surface area contributed by atoms with Gasteiger partial charge in [-0.25, -0.2) is 0 Å². The van der Waals surface area contributed by atoms with E-state index in [-0.39, 0.29) is 65.8 Å². The predicted molar refractivity (Wildman–Crippen MR) is 163 cm³/mol. The highest BCUT2D eigenvalue weighted by atomic mass is 16.5. The molecule has 0 heterocycles. The molecule has 0 aliphatic rings. The van der Waals surface area contributed by atoms with Crippen LogP contribution in [0.15, 0.2) is 0 Å². The Morgan fingerprint density at radius 2 is 0.460 bits per heavy atom. The number of aliphatic hydroxyl groups excluding tert-OH is 2. The second-order valence-corrected chi connectivity index (χ2v) is 9.66. The third-order valence-corrected chi connectivity index (χ3v) is 5.18. The van der Waals surface area contributed by atoms with Crippen LogP contribution in [-0.2, 0) is 47.8 Å². The molecule has 0 fully saturated rings. The van der Waals surface area contributed by atoms with Crippen molar-refractivity contribution in [3.05, 3.63) is 0 Å². The van der Waals surface area contributed by atoms with Gasteiger partial charge >= 0.3 is 47.8 Å². The molecule has 24 heteroatoms. The largest absolute Gasteiger partial charge is 0.480 e. The van der Waals surface area contributed by atoms with Crippen LogP contribution in [0.25, 0.3) is 0 Å². The zero-order valence-electron chi connectivity index (χ0n) is 27.1. The Morgan fingerprint density at radius 3 is 0.560 bits per heavy atom. The van der Waals surface area contributed by atoms with Crippen LogP contribution in [0, 0.1) is 0 Å². The highest BCUT2D eigenvalue weighted by Crippen LogP contribution is 1.94. The lowest BCUT2D eigenvalue weighted by Crippen LogP contribution is -2.38. The SMILES string of the molecule is O=C(O)CN(CCOCCN(CC(=O)O)CC(=O)O)CC(=O)O.O=C(O)CN(CCOCCN(CC(=O)O)CC(=O)O)CC(=O)O.OCCO. The van der Waals surface area contributed by atoms with Crippen molar-refractivity contribution in [1.82, 2.24) is 19.6 Å². The molecule has 10 N–H and O–H groups in total. The maximum atomic E-state index is 10.6. The van der Waals surface area contributed by atoms with Crippen LogP contribution in [0.2, 0.25) is 0 Å². The quantitative estimate of drug-likeness (QED) is 0.0321. The van der Waals surface area contributed by atoms with Gasteiger partial charge in [-0.1, -0.05) is 0 Å². The first-order valence-electron chi connectivity index (χ1n) is 14.3. The van der Waals surface area contributed by atoms with Crippen molar-refractivity contribution < 1.29 is 98.9 Å². The minimum atomic E-state index is -1.17. The molecule has 0 bridgehead atoms. The normalized spacial score (nSPS) is 10.6. The summed E-state index contributed by atoms with van der Waals surface area (Å²) in [5.41, 5.74) is 0. The molecule has 0 saturated carbocycles. The number of rotatable bonds is 29. The molecule has 0 amide bonds. The van der Waals surface area contributed by atoms with E-state index in [0.717, 1.165) is 19.6 Å². The van der Waals surface area contributed by atoms with Gasteiger partial charge in [-0.2, -0.15) is 0 Å². The minimum absolute atomic E-state index is 0.0363. The van der Waals surface area contributed by atoms with Crippen LogP contribution in [0.1, 0.15) is 0 Å². The van der Waals surface area contributed by atoms with Gasteiger partial charge in [0.1, 0.15) is 0 Å². The zero-order chi connectivity index (χ0) is 39.1. The Hall–Kier alpha value is -4.56. The highest BCUT2D eigenvalue weighted by molar-refractivity contribution is 5.74. The Kier molecular flexibility index (Phi) is 31.6. The van der Waals surface area contributed by atoms with Gasteiger partial charge in [-0.05, 0) is 0 Å². The first-order chi connectivity index (χ1) is 23.3. The Bertz CT molecular complexity index is 825. The van der Waals surface area contributed by atoms with Crippen molar-refractivity contribution >= 4 is 47.8 Å². The second-order valence-electron chi connectivity index (χ2n) is 9.66. The molecule has 0 unspecified atom stereocenters. The van der Waals surface area contributed by atoms with Gasteiger partial charge in [0, 0.05) is 26.2 Å². The number of hydrogen-bond donors (Lipinski definition) is 10. The van der Waals surface area contributed by atoms with Gasteiger partial charge in [0.2, 0.25) is 0 Å². The number of carbonyl (C=O) groups is 8. The Labute approximate surface area is 284 Å². The molecule has 0 saturated heterocycles. The molecule has 0 aromatic rings. The fourth-order valence-electron chi connectivity index (χ4n) is 3.37. The van der Waals surface area contributed by atoms with Crippen molar-refractivity contribution in [2.75, 3.05) is 118 Å². The molecule has 0 atom stereocenters. The number of ether oxygens (including phenoxy) is 2. The van der Waals surface area contributed by atoms with Crippen LogP contribution >= 0.6 is 0 Å². The topological polar surface area (TPSA) is 370 Å². The average molecular weight is 735 g/mol. The van der Waals surface area contributed by atoms with Crippen molar-refractivity contribution in [3.8, 4) is 0 Å². The molecule has 290 valence electrons. The molecule has 0 aliphatic heterocycles. The van der Waals surface area contributed by atoms with E-state index in [9.17, 15) is 38.4 Å². The highest BCUT2D eigenvalue weighted by Gasteiger charge is 2.16. The first-order valence-corrected chi connectivity index (χ1v) is 14.3. The third-order valence-electron chi connectivity index (χ3n) is 5.18. The van der Waals surface area contributed by atoms with E-state index in [0.29, 0.717) is 0 Å². The summed E-state index contributed by atoms with van der Waals surface area (Å²) in [5.74, 6) is -9.33. The molecule has 50 heavy (non-hydrogen) atoms. The molecule has 0 radical (unpaired) electrons. The zero-order valence-corrected chi connectivity index (χ0v) is 27.1. The summed E-state index contributed by atoms with van der Waals surface area (Å²) < 4.78 is 10.3. The smallest absolute Gasteiger partial charge is 0.317 e. The number of aliphatic hydroxyl groups is 2. The second kappa shape index (κ2) is 31.7. The van der Waals surface area contributed by atoms with Crippen molar-refractivity contribution in [1.29, 1.82) is 0 Å². The Morgan fingerprint density at radius 1 is 0.320 bits per heavy atom. The van der Waals surface area contributed by atoms with Crippen LogP contribution in [0.3, 0.4) is 0 Å². The molecule has 0 spiro atoms. The molecule has 0 aromatic heterocycles. The molecule has 0 aliphatic carbocycles.